The van der Waals surface area contributed by atoms with Crippen LogP contribution in [-0.2, 0) is 29.0 Å². The van der Waals surface area contributed by atoms with Gasteiger partial charge in [0, 0.05) is 4.88 Å². The highest BCUT2D eigenvalue weighted by molar-refractivity contribution is 7.18. The van der Waals surface area contributed by atoms with E-state index in [9.17, 15) is 14.4 Å². The Labute approximate surface area is 123 Å². The van der Waals surface area contributed by atoms with Crippen LogP contribution in [0.2, 0.25) is 0 Å². The lowest BCUT2D eigenvalue weighted by atomic mass is 10.2. The Hall–Kier alpha value is -2.22. The molecule has 0 bridgehead atoms. The number of nitrogens with two attached hydrogens (primary N) is 1. The molecule has 2 aromatic heterocycles. The third kappa shape index (κ3) is 2.54. The third-order valence-electron chi connectivity index (χ3n) is 3.47. The fraction of sp³-hybridized carbons (Fsp3) is 0.385. The zero-order valence-corrected chi connectivity index (χ0v) is 12.0. The molecule has 0 saturated carbocycles. The SMILES string of the molecule is NC(=O)CNC(=O)Cn1cnc2sc3c(c2c1=O)CCC3. The van der Waals surface area contributed by atoms with Crippen LogP contribution in [0.5, 0.6) is 0 Å². The van der Waals surface area contributed by atoms with Crippen LogP contribution >= 0.6 is 11.3 Å². The van der Waals surface area contributed by atoms with Crippen molar-refractivity contribution >= 4 is 33.4 Å². The topological polar surface area (TPSA) is 107 Å². The summed E-state index contributed by atoms with van der Waals surface area (Å²) in [6, 6.07) is 0. The molecule has 2 amide bonds. The Morgan fingerprint density at radius 1 is 1.43 bits per heavy atom. The number of fused-ring (bicyclic) bond motifs is 3. The summed E-state index contributed by atoms with van der Waals surface area (Å²) in [5.41, 5.74) is 5.84. The van der Waals surface area contributed by atoms with Crippen molar-refractivity contribution in [1.82, 2.24) is 14.9 Å². The normalized spacial score (nSPS) is 13.3. The predicted octanol–water partition coefficient (Wildman–Crippen LogP) is -0.452. The monoisotopic (exact) mass is 306 g/mol. The van der Waals surface area contributed by atoms with Crippen molar-refractivity contribution in [3.63, 3.8) is 0 Å². The summed E-state index contributed by atoms with van der Waals surface area (Å²) in [6.45, 7) is -0.406. The van der Waals surface area contributed by atoms with Gasteiger partial charge in [0.1, 0.15) is 11.4 Å². The van der Waals surface area contributed by atoms with Crippen LogP contribution in [0.3, 0.4) is 0 Å². The highest BCUT2D eigenvalue weighted by Gasteiger charge is 2.21. The molecule has 0 aliphatic heterocycles. The molecule has 110 valence electrons. The van der Waals surface area contributed by atoms with E-state index >= 15 is 0 Å². The molecular weight excluding hydrogens is 292 g/mol. The maximum atomic E-state index is 12.5. The highest BCUT2D eigenvalue weighted by Crippen LogP contribution is 2.34. The lowest BCUT2D eigenvalue weighted by molar-refractivity contribution is -0.125. The molecule has 7 nitrogen and oxygen atoms in total. The zero-order valence-electron chi connectivity index (χ0n) is 11.2. The van der Waals surface area contributed by atoms with Gasteiger partial charge >= 0.3 is 0 Å². The molecule has 2 heterocycles. The lowest BCUT2D eigenvalue weighted by Gasteiger charge is -2.06. The fourth-order valence-electron chi connectivity index (χ4n) is 2.53. The Balaban J connectivity index is 1.90. The first-order valence-electron chi connectivity index (χ1n) is 6.61. The number of aromatic nitrogens is 2. The number of carbonyl (C=O) groups excluding carboxylic acids is 2. The predicted molar refractivity (Wildman–Crippen MR) is 78.1 cm³/mol. The number of nitrogens with one attached hydrogen (secondary N) is 1. The van der Waals surface area contributed by atoms with Crippen molar-refractivity contribution in [2.24, 2.45) is 5.73 Å². The van der Waals surface area contributed by atoms with E-state index in [1.54, 1.807) is 11.3 Å². The molecule has 3 N–H and O–H groups in total. The Kier molecular flexibility index (Phi) is 3.46. The molecule has 3 rings (SSSR count). The quantitative estimate of drug-likeness (QED) is 0.797. The van der Waals surface area contributed by atoms with Crippen LogP contribution in [0.1, 0.15) is 16.9 Å². The van der Waals surface area contributed by atoms with Crippen molar-refractivity contribution in [3.8, 4) is 0 Å². The van der Waals surface area contributed by atoms with Gasteiger partial charge < -0.3 is 11.1 Å². The van der Waals surface area contributed by atoms with Gasteiger partial charge in [-0.05, 0) is 24.8 Å². The number of amides is 2. The zero-order chi connectivity index (χ0) is 15.0. The van der Waals surface area contributed by atoms with Crippen molar-refractivity contribution < 1.29 is 9.59 Å². The molecule has 0 fully saturated rings. The highest BCUT2D eigenvalue weighted by atomic mass is 32.1. The molecule has 0 aromatic carbocycles. The summed E-state index contributed by atoms with van der Waals surface area (Å²) in [6.07, 6.45) is 4.32. The van der Waals surface area contributed by atoms with E-state index in [2.05, 4.69) is 10.3 Å². The molecule has 0 atom stereocenters. The molecule has 1 aliphatic carbocycles. The minimum absolute atomic E-state index is 0.167. The number of aryl methyl sites for hydroxylation is 2. The number of primary amides is 1. The smallest absolute Gasteiger partial charge is 0.262 e. The van der Waals surface area contributed by atoms with Gasteiger partial charge in [0.25, 0.3) is 5.56 Å². The molecular formula is C13H14N4O3S. The van der Waals surface area contributed by atoms with Gasteiger partial charge in [0.15, 0.2) is 0 Å². The summed E-state index contributed by atoms with van der Waals surface area (Å²) in [7, 11) is 0. The molecule has 0 radical (unpaired) electrons. The van der Waals surface area contributed by atoms with E-state index in [1.807, 2.05) is 0 Å². The minimum Gasteiger partial charge on any atom is -0.368 e. The molecule has 0 spiro atoms. The number of nitrogens with zero attached hydrogens (tertiary/aromatic N) is 2. The van der Waals surface area contributed by atoms with Crippen LogP contribution in [-0.4, -0.2) is 27.9 Å². The van der Waals surface area contributed by atoms with Gasteiger partial charge in [-0.1, -0.05) is 0 Å². The van der Waals surface area contributed by atoms with E-state index in [0.29, 0.717) is 5.39 Å². The minimum atomic E-state index is -0.625. The molecule has 21 heavy (non-hydrogen) atoms. The van der Waals surface area contributed by atoms with Crippen LogP contribution < -0.4 is 16.6 Å². The van der Waals surface area contributed by atoms with E-state index < -0.39 is 11.8 Å². The first-order chi connectivity index (χ1) is 10.1. The Morgan fingerprint density at radius 2 is 2.24 bits per heavy atom. The second kappa shape index (κ2) is 5.28. The molecule has 0 unspecified atom stereocenters. The molecule has 1 aliphatic rings. The summed E-state index contributed by atoms with van der Waals surface area (Å²) in [5.74, 6) is -1.07. The maximum absolute atomic E-state index is 12.5. The van der Waals surface area contributed by atoms with Gasteiger partial charge in [-0.3, -0.25) is 19.0 Å². The van der Waals surface area contributed by atoms with Crippen LogP contribution in [0.4, 0.5) is 0 Å². The molecule has 8 heteroatoms. The summed E-state index contributed by atoms with van der Waals surface area (Å²) < 4.78 is 1.27. The molecule has 2 aromatic rings. The van der Waals surface area contributed by atoms with Gasteiger partial charge in [0.2, 0.25) is 11.8 Å². The number of hydrogen-bond acceptors (Lipinski definition) is 5. The van der Waals surface area contributed by atoms with Crippen molar-refractivity contribution in [3.05, 3.63) is 27.1 Å². The van der Waals surface area contributed by atoms with Gasteiger partial charge in [-0.15, -0.1) is 11.3 Å². The second-order valence-electron chi connectivity index (χ2n) is 4.96. The van der Waals surface area contributed by atoms with Gasteiger partial charge in [-0.25, -0.2) is 4.98 Å². The van der Waals surface area contributed by atoms with E-state index in [-0.39, 0.29) is 18.6 Å². The summed E-state index contributed by atoms with van der Waals surface area (Å²) in [5, 5.41) is 2.99. The van der Waals surface area contributed by atoms with Crippen molar-refractivity contribution in [2.75, 3.05) is 6.54 Å². The third-order valence-corrected chi connectivity index (χ3v) is 4.67. The standard InChI is InChI=1S/C13H14N4O3S/c14-9(18)4-15-10(19)5-17-6-16-12-11(13(17)20)7-2-1-3-8(7)21-12/h6H,1-5H2,(H2,14,18)(H,15,19). The van der Waals surface area contributed by atoms with Gasteiger partial charge in [0.05, 0.1) is 18.3 Å². The first kappa shape index (κ1) is 13.7. The van der Waals surface area contributed by atoms with E-state index in [0.717, 1.165) is 29.7 Å². The van der Waals surface area contributed by atoms with E-state index in [1.165, 1.54) is 15.8 Å². The van der Waals surface area contributed by atoms with Gasteiger partial charge in [-0.2, -0.15) is 0 Å². The number of hydrogen-bond donors (Lipinski definition) is 2. The average molecular weight is 306 g/mol. The van der Waals surface area contributed by atoms with Crippen LogP contribution in [0.25, 0.3) is 10.2 Å². The number of rotatable bonds is 4. The summed E-state index contributed by atoms with van der Waals surface area (Å²) >= 11 is 1.56. The fourth-order valence-corrected chi connectivity index (χ4v) is 3.75. The number of carbonyl (C=O) groups is 2. The number of thiophene rings is 1. The average Bonchev–Trinajstić information content (AvgIpc) is 3.00. The maximum Gasteiger partial charge on any atom is 0.262 e. The van der Waals surface area contributed by atoms with Crippen LogP contribution in [0, 0.1) is 0 Å². The summed E-state index contributed by atoms with van der Waals surface area (Å²) in [4.78, 5) is 41.0. The molecule has 0 saturated heterocycles. The second-order valence-corrected chi connectivity index (χ2v) is 6.04. The van der Waals surface area contributed by atoms with Crippen LogP contribution in [0.15, 0.2) is 11.1 Å². The van der Waals surface area contributed by atoms with E-state index in [4.69, 9.17) is 5.73 Å². The Bertz CT molecular complexity index is 793. The van der Waals surface area contributed by atoms with Crippen molar-refractivity contribution in [1.29, 1.82) is 0 Å². The lowest BCUT2D eigenvalue weighted by Crippen LogP contribution is -2.37. The first-order valence-corrected chi connectivity index (χ1v) is 7.42. The largest absolute Gasteiger partial charge is 0.368 e. The Morgan fingerprint density at radius 3 is 3.00 bits per heavy atom. The van der Waals surface area contributed by atoms with Crippen molar-refractivity contribution in [2.45, 2.75) is 25.8 Å².